The normalized spacial score (nSPS) is 12.0. The van der Waals surface area contributed by atoms with Crippen LogP contribution in [0.2, 0.25) is 0 Å². The molecule has 1 atom stereocenters. The minimum absolute atomic E-state index is 0.0273. The maximum atomic E-state index is 11.9. The van der Waals surface area contributed by atoms with Gasteiger partial charge in [-0.05, 0) is 62.4 Å². The number of carbonyl (C=O) groups excluding carboxylic acids is 1. The SMILES string of the molecule is CCNC(=O)c1ccc(C)c(NC(C)c2sccc2C)c1. The van der Waals surface area contributed by atoms with Crippen molar-refractivity contribution in [2.75, 3.05) is 11.9 Å². The average Bonchev–Trinajstić information content (AvgIpc) is 2.87. The van der Waals surface area contributed by atoms with Gasteiger partial charge in [0.05, 0.1) is 6.04 Å². The van der Waals surface area contributed by atoms with E-state index in [1.165, 1.54) is 10.4 Å². The smallest absolute Gasteiger partial charge is 0.251 e. The number of hydrogen-bond donors (Lipinski definition) is 2. The fraction of sp³-hybridized carbons (Fsp3) is 0.353. The second-order valence-corrected chi connectivity index (χ2v) is 6.17. The first kappa shape index (κ1) is 15.6. The largest absolute Gasteiger partial charge is 0.377 e. The van der Waals surface area contributed by atoms with Crippen molar-refractivity contribution in [1.82, 2.24) is 5.32 Å². The lowest BCUT2D eigenvalue weighted by Gasteiger charge is -2.18. The van der Waals surface area contributed by atoms with Crippen LogP contribution in [0.15, 0.2) is 29.6 Å². The van der Waals surface area contributed by atoms with Crippen LogP contribution in [0.1, 0.15) is 46.3 Å². The highest BCUT2D eigenvalue weighted by atomic mass is 32.1. The van der Waals surface area contributed by atoms with Gasteiger partial charge in [0.25, 0.3) is 5.91 Å². The van der Waals surface area contributed by atoms with E-state index >= 15 is 0 Å². The summed E-state index contributed by atoms with van der Waals surface area (Å²) in [6.45, 7) is 8.89. The summed E-state index contributed by atoms with van der Waals surface area (Å²) in [5, 5.41) is 8.47. The lowest BCUT2D eigenvalue weighted by atomic mass is 10.1. The molecule has 0 aliphatic rings. The van der Waals surface area contributed by atoms with Crippen LogP contribution in [0.5, 0.6) is 0 Å². The monoisotopic (exact) mass is 302 g/mol. The number of amides is 1. The lowest BCUT2D eigenvalue weighted by Crippen LogP contribution is -2.22. The summed E-state index contributed by atoms with van der Waals surface area (Å²) >= 11 is 1.76. The van der Waals surface area contributed by atoms with E-state index in [-0.39, 0.29) is 11.9 Å². The summed E-state index contributed by atoms with van der Waals surface area (Å²) in [6, 6.07) is 8.15. The predicted molar refractivity (Wildman–Crippen MR) is 90.3 cm³/mol. The molecule has 0 radical (unpaired) electrons. The van der Waals surface area contributed by atoms with Gasteiger partial charge >= 0.3 is 0 Å². The average molecular weight is 302 g/mol. The van der Waals surface area contributed by atoms with Crippen molar-refractivity contribution >= 4 is 22.9 Å². The molecule has 3 nitrogen and oxygen atoms in total. The Morgan fingerprint density at radius 1 is 1.24 bits per heavy atom. The Kier molecular flexibility index (Phi) is 5.02. The van der Waals surface area contributed by atoms with Crippen molar-refractivity contribution in [1.29, 1.82) is 0 Å². The van der Waals surface area contributed by atoms with Crippen LogP contribution in [0, 0.1) is 13.8 Å². The molecule has 1 amide bonds. The molecular formula is C17H22N2OS. The number of thiophene rings is 1. The van der Waals surface area contributed by atoms with E-state index in [1.54, 1.807) is 11.3 Å². The summed E-state index contributed by atoms with van der Waals surface area (Å²) in [4.78, 5) is 13.3. The van der Waals surface area contributed by atoms with E-state index in [2.05, 4.69) is 42.9 Å². The zero-order chi connectivity index (χ0) is 15.4. The molecule has 0 saturated heterocycles. The Bertz CT molecular complexity index is 633. The molecule has 1 heterocycles. The maximum Gasteiger partial charge on any atom is 0.251 e. The van der Waals surface area contributed by atoms with E-state index in [0.29, 0.717) is 12.1 Å². The van der Waals surface area contributed by atoms with Crippen molar-refractivity contribution in [3.05, 3.63) is 51.2 Å². The molecule has 0 bridgehead atoms. The van der Waals surface area contributed by atoms with Gasteiger partial charge in [-0.1, -0.05) is 6.07 Å². The fourth-order valence-corrected chi connectivity index (χ4v) is 3.24. The predicted octanol–water partition coefficient (Wildman–Crippen LogP) is 4.29. The number of anilines is 1. The number of nitrogens with one attached hydrogen (secondary N) is 2. The van der Waals surface area contributed by atoms with Crippen molar-refractivity contribution in [3.8, 4) is 0 Å². The first-order valence-electron chi connectivity index (χ1n) is 7.22. The van der Waals surface area contributed by atoms with Crippen LogP contribution in [0.25, 0.3) is 0 Å². The molecule has 21 heavy (non-hydrogen) atoms. The molecule has 2 rings (SSSR count). The molecule has 2 N–H and O–H groups in total. The van der Waals surface area contributed by atoms with Crippen LogP contribution in [-0.4, -0.2) is 12.5 Å². The molecule has 0 aliphatic carbocycles. The van der Waals surface area contributed by atoms with Crippen molar-refractivity contribution in [3.63, 3.8) is 0 Å². The molecule has 112 valence electrons. The molecule has 0 fully saturated rings. The maximum absolute atomic E-state index is 11.9. The molecule has 1 aromatic carbocycles. The van der Waals surface area contributed by atoms with Gasteiger partial charge in [0.2, 0.25) is 0 Å². The van der Waals surface area contributed by atoms with E-state index in [0.717, 1.165) is 11.3 Å². The third-order valence-electron chi connectivity index (χ3n) is 3.50. The number of rotatable bonds is 5. The summed E-state index contributed by atoms with van der Waals surface area (Å²) in [5.74, 6) is -0.0273. The molecule has 4 heteroatoms. The Hall–Kier alpha value is -1.81. The minimum Gasteiger partial charge on any atom is -0.377 e. The Labute approximate surface area is 130 Å². The molecule has 1 aromatic heterocycles. The second-order valence-electron chi connectivity index (χ2n) is 5.22. The molecule has 0 saturated carbocycles. The quantitative estimate of drug-likeness (QED) is 0.865. The molecule has 1 unspecified atom stereocenters. The number of aryl methyl sites for hydroxylation is 2. The third-order valence-corrected chi connectivity index (χ3v) is 4.71. The van der Waals surface area contributed by atoms with Crippen LogP contribution < -0.4 is 10.6 Å². The van der Waals surface area contributed by atoms with Crippen molar-refractivity contribution < 1.29 is 4.79 Å². The third kappa shape index (κ3) is 3.64. The van der Waals surface area contributed by atoms with Gasteiger partial charge in [-0.2, -0.15) is 0 Å². The zero-order valence-corrected chi connectivity index (χ0v) is 13.8. The zero-order valence-electron chi connectivity index (χ0n) is 13.0. The van der Waals surface area contributed by atoms with Crippen LogP contribution in [-0.2, 0) is 0 Å². The minimum atomic E-state index is -0.0273. The first-order valence-corrected chi connectivity index (χ1v) is 8.10. The molecule has 0 spiro atoms. The number of hydrogen-bond acceptors (Lipinski definition) is 3. The Morgan fingerprint density at radius 3 is 2.62 bits per heavy atom. The highest BCUT2D eigenvalue weighted by molar-refractivity contribution is 7.10. The van der Waals surface area contributed by atoms with E-state index in [9.17, 15) is 4.79 Å². The Morgan fingerprint density at radius 2 is 2.00 bits per heavy atom. The first-order chi connectivity index (χ1) is 10.0. The van der Waals surface area contributed by atoms with Gasteiger partial charge in [-0.15, -0.1) is 11.3 Å². The summed E-state index contributed by atoms with van der Waals surface area (Å²) < 4.78 is 0. The second kappa shape index (κ2) is 6.76. The summed E-state index contributed by atoms with van der Waals surface area (Å²) in [6.07, 6.45) is 0. The van der Waals surface area contributed by atoms with Gasteiger partial charge in [-0.25, -0.2) is 0 Å². The van der Waals surface area contributed by atoms with Gasteiger partial charge in [-0.3, -0.25) is 4.79 Å². The fourth-order valence-electron chi connectivity index (χ4n) is 2.31. The van der Waals surface area contributed by atoms with Crippen molar-refractivity contribution in [2.24, 2.45) is 0 Å². The number of carbonyl (C=O) groups is 1. The van der Waals surface area contributed by atoms with Gasteiger partial charge < -0.3 is 10.6 Å². The standard InChI is InChI=1S/C17H22N2OS/c1-5-18-17(20)14-7-6-11(2)15(10-14)19-13(4)16-12(3)8-9-21-16/h6-10,13,19H,5H2,1-4H3,(H,18,20). The van der Waals surface area contributed by atoms with Crippen molar-refractivity contribution in [2.45, 2.75) is 33.7 Å². The van der Waals surface area contributed by atoms with E-state index < -0.39 is 0 Å². The molecular weight excluding hydrogens is 280 g/mol. The van der Waals surface area contributed by atoms with Crippen LogP contribution in [0.4, 0.5) is 5.69 Å². The number of benzene rings is 1. The topological polar surface area (TPSA) is 41.1 Å². The van der Waals surface area contributed by atoms with Gasteiger partial charge in [0.15, 0.2) is 0 Å². The van der Waals surface area contributed by atoms with E-state index in [4.69, 9.17) is 0 Å². The van der Waals surface area contributed by atoms with Crippen LogP contribution >= 0.6 is 11.3 Å². The molecule has 2 aromatic rings. The Balaban J connectivity index is 2.21. The summed E-state index contributed by atoms with van der Waals surface area (Å²) in [7, 11) is 0. The highest BCUT2D eigenvalue weighted by Gasteiger charge is 2.12. The van der Waals surface area contributed by atoms with Gasteiger partial charge in [0.1, 0.15) is 0 Å². The molecule has 0 aliphatic heterocycles. The highest BCUT2D eigenvalue weighted by Crippen LogP contribution is 2.28. The van der Waals surface area contributed by atoms with Gasteiger partial charge in [0, 0.05) is 22.7 Å². The lowest BCUT2D eigenvalue weighted by molar-refractivity contribution is 0.0956. The summed E-state index contributed by atoms with van der Waals surface area (Å²) in [5.41, 5.74) is 4.15. The van der Waals surface area contributed by atoms with Crippen LogP contribution in [0.3, 0.4) is 0 Å². The van der Waals surface area contributed by atoms with E-state index in [1.807, 2.05) is 25.1 Å².